The summed E-state index contributed by atoms with van der Waals surface area (Å²) in [5.74, 6) is 0.105. The van der Waals surface area contributed by atoms with Gasteiger partial charge < -0.3 is 11.1 Å². The molecule has 1 amide bonds. The molecule has 0 aromatic rings. The minimum atomic E-state index is -2.91. The van der Waals surface area contributed by atoms with Crippen LogP contribution >= 0.6 is 0 Å². The van der Waals surface area contributed by atoms with Gasteiger partial charge in [0.2, 0.25) is 5.91 Å². The molecule has 1 aliphatic heterocycles. The molecule has 3 N–H and O–H groups in total. The lowest BCUT2D eigenvalue weighted by Gasteiger charge is -2.09. The van der Waals surface area contributed by atoms with E-state index in [0.717, 1.165) is 6.42 Å². The van der Waals surface area contributed by atoms with E-state index >= 15 is 0 Å². The van der Waals surface area contributed by atoms with Crippen molar-refractivity contribution >= 4 is 15.7 Å². The van der Waals surface area contributed by atoms with Gasteiger partial charge in [0, 0.05) is 12.1 Å². The van der Waals surface area contributed by atoms with Crippen LogP contribution in [0.25, 0.3) is 0 Å². The van der Waals surface area contributed by atoms with E-state index in [1.54, 1.807) is 0 Å². The van der Waals surface area contributed by atoms with Gasteiger partial charge in [-0.05, 0) is 12.8 Å². The number of hydrogen-bond acceptors (Lipinski definition) is 4. The molecule has 2 fully saturated rings. The van der Waals surface area contributed by atoms with E-state index in [1.165, 1.54) is 0 Å². The number of hydrogen-bond donors (Lipinski definition) is 2. The minimum absolute atomic E-state index is 0.0204. The molecule has 0 aromatic heterocycles. The van der Waals surface area contributed by atoms with Crippen molar-refractivity contribution in [3.63, 3.8) is 0 Å². The molecule has 3 unspecified atom stereocenters. The van der Waals surface area contributed by atoms with Crippen molar-refractivity contribution in [2.45, 2.75) is 24.9 Å². The van der Waals surface area contributed by atoms with Gasteiger partial charge in [0.25, 0.3) is 0 Å². The fourth-order valence-electron chi connectivity index (χ4n) is 1.73. The monoisotopic (exact) mass is 218 g/mol. The fraction of sp³-hybridized carbons (Fsp3) is 0.875. The summed E-state index contributed by atoms with van der Waals surface area (Å²) in [6, 6.07) is -0.215. The number of sulfone groups is 1. The number of amides is 1. The van der Waals surface area contributed by atoms with Gasteiger partial charge in [0.1, 0.15) is 0 Å². The molecule has 6 heteroatoms. The van der Waals surface area contributed by atoms with E-state index in [1.807, 2.05) is 0 Å². The maximum Gasteiger partial charge on any atom is 0.224 e. The first kappa shape index (κ1) is 9.92. The van der Waals surface area contributed by atoms with Crippen LogP contribution in [0.3, 0.4) is 0 Å². The second-order valence-electron chi connectivity index (χ2n) is 4.11. The van der Waals surface area contributed by atoms with Crippen molar-refractivity contribution in [2.24, 2.45) is 11.7 Å². The highest BCUT2D eigenvalue weighted by atomic mass is 32.2. The Kier molecular flexibility index (Phi) is 2.27. The maximum absolute atomic E-state index is 11.4. The van der Waals surface area contributed by atoms with Crippen molar-refractivity contribution < 1.29 is 13.2 Å². The van der Waals surface area contributed by atoms with E-state index < -0.39 is 9.84 Å². The van der Waals surface area contributed by atoms with Gasteiger partial charge in [0.05, 0.1) is 17.4 Å². The van der Waals surface area contributed by atoms with Crippen LogP contribution in [-0.4, -0.2) is 37.9 Å². The first-order valence-corrected chi connectivity index (χ1v) is 6.56. The highest BCUT2D eigenvalue weighted by Crippen LogP contribution is 2.28. The molecule has 14 heavy (non-hydrogen) atoms. The minimum Gasteiger partial charge on any atom is -0.352 e. The topological polar surface area (TPSA) is 89.3 Å². The van der Waals surface area contributed by atoms with Crippen molar-refractivity contribution in [3.05, 3.63) is 0 Å². The van der Waals surface area contributed by atoms with E-state index in [0.29, 0.717) is 6.42 Å². The van der Waals surface area contributed by atoms with E-state index in [-0.39, 0.29) is 35.4 Å². The average molecular weight is 218 g/mol. The summed E-state index contributed by atoms with van der Waals surface area (Å²) in [6.45, 7) is 0. The van der Waals surface area contributed by atoms with Gasteiger partial charge in [-0.1, -0.05) is 0 Å². The molecule has 3 atom stereocenters. The molecule has 0 radical (unpaired) electrons. The van der Waals surface area contributed by atoms with Crippen LogP contribution in [0.4, 0.5) is 0 Å². The predicted octanol–water partition coefficient (Wildman–Crippen LogP) is -1.36. The molecular formula is C8H14N2O3S. The summed E-state index contributed by atoms with van der Waals surface area (Å²) in [6.07, 6.45) is 1.27. The van der Waals surface area contributed by atoms with Crippen LogP contribution in [0.15, 0.2) is 0 Å². The number of carbonyl (C=O) groups is 1. The summed E-state index contributed by atoms with van der Waals surface area (Å²) >= 11 is 0. The molecule has 0 spiro atoms. The second-order valence-corrected chi connectivity index (χ2v) is 6.34. The summed E-state index contributed by atoms with van der Waals surface area (Å²) < 4.78 is 22.2. The largest absolute Gasteiger partial charge is 0.352 e. The van der Waals surface area contributed by atoms with Gasteiger partial charge in [-0.25, -0.2) is 8.42 Å². The van der Waals surface area contributed by atoms with Gasteiger partial charge in [-0.3, -0.25) is 4.79 Å². The molecule has 0 aromatic carbocycles. The van der Waals surface area contributed by atoms with Crippen LogP contribution < -0.4 is 11.1 Å². The zero-order valence-corrected chi connectivity index (χ0v) is 8.59. The lowest BCUT2D eigenvalue weighted by atomic mass is 10.2. The smallest absolute Gasteiger partial charge is 0.224 e. The van der Waals surface area contributed by atoms with E-state index in [9.17, 15) is 13.2 Å². The van der Waals surface area contributed by atoms with E-state index in [2.05, 4.69) is 5.32 Å². The number of nitrogens with one attached hydrogen (secondary N) is 1. The molecule has 5 nitrogen and oxygen atoms in total. The highest BCUT2D eigenvalue weighted by Gasteiger charge is 2.41. The van der Waals surface area contributed by atoms with Crippen molar-refractivity contribution in [3.8, 4) is 0 Å². The Morgan fingerprint density at radius 3 is 2.50 bits per heavy atom. The van der Waals surface area contributed by atoms with Crippen LogP contribution in [-0.2, 0) is 14.6 Å². The Morgan fingerprint density at radius 2 is 2.07 bits per heavy atom. The van der Waals surface area contributed by atoms with Gasteiger partial charge in [-0.15, -0.1) is 0 Å². The molecule has 0 bridgehead atoms. The van der Waals surface area contributed by atoms with Crippen LogP contribution in [0.5, 0.6) is 0 Å². The summed E-state index contributed by atoms with van der Waals surface area (Å²) in [5.41, 5.74) is 5.52. The summed E-state index contributed by atoms with van der Waals surface area (Å²) in [4.78, 5) is 11.4. The maximum atomic E-state index is 11.4. The Hall–Kier alpha value is -0.620. The molecule has 2 aliphatic rings. The normalized spacial score (nSPS) is 39.4. The highest BCUT2D eigenvalue weighted by molar-refractivity contribution is 7.91. The summed E-state index contributed by atoms with van der Waals surface area (Å²) in [7, 11) is -2.91. The molecular weight excluding hydrogens is 204 g/mol. The molecule has 2 rings (SSSR count). The average Bonchev–Trinajstić information content (AvgIpc) is 2.69. The molecule has 1 aliphatic carbocycles. The van der Waals surface area contributed by atoms with Crippen molar-refractivity contribution in [1.29, 1.82) is 0 Å². The third kappa shape index (κ3) is 2.06. The Morgan fingerprint density at radius 1 is 1.43 bits per heavy atom. The molecule has 80 valence electrons. The first-order chi connectivity index (χ1) is 6.48. The zero-order valence-electron chi connectivity index (χ0n) is 7.77. The van der Waals surface area contributed by atoms with Gasteiger partial charge in [-0.2, -0.15) is 0 Å². The van der Waals surface area contributed by atoms with Crippen LogP contribution in [0.2, 0.25) is 0 Å². The molecule has 1 saturated heterocycles. The summed E-state index contributed by atoms with van der Waals surface area (Å²) in [5, 5.41) is 2.73. The SMILES string of the molecule is NC1CC1C(=O)NC1CCS(=O)(=O)C1. The third-order valence-electron chi connectivity index (χ3n) is 2.76. The standard InChI is InChI=1S/C8H14N2O3S/c9-7-3-6(7)8(11)10-5-1-2-14(12,13)4-5/h5-7H,1-4,9H2,(H,10,11). The fourth-order valence-corrected chi connectivity index (χ4v) is 3.41. The predicted molar refractivity (Wildman–Crippen MR) is 51.3 cm³/mol. The molecule has 1 saturated carbocycles. The molecule has 1 heterocycles. The first-order valence-electron chi connectivity index (χ1n) is 4.74. The lowest BCUT2D eigenvalue weighted by Crippen LogP contribution is -2.37. The zero-order chi connectivity index (χ0) is 10.3. The van der Waals surface area contributed by atoms with Crippen molar-refractivity contribution in [1.82, 2.24) is 5.32 Å². The van der Waals surface area contributed by atoms with Crippen molar-refractivity contribution in [2.75, 3.05) is 11.5 Å². The third-order valence-corrected chi connectivity index (χ3v) is 4.52. The van der Waals surface area contributed by atoms with E-state index in [4.69, 9.17) is 5.73 Å². The van der Waals surface area contributed by atoms with Crippen LogP contribution in [0, 0.1) is 5.92 Å². The second kappa shape index (κ2) is 3.20. The number of nitrogens with two attached hydrogens (primary N) is 1. The number of carbonyl (C=O) groups excluding carboxylic acids is 1. The Bertz CT molecular complexity index is 352. The number of rotatable bonds is 2. The van der Waals surface area contributed by atoms with Gasteiger partial charge in [0.15, 0.2) is 9.84 Å². The lowest BCUT2D eigenvalue weighted by molar-refractivity contribution is -0.122. The van der Waals surface area contributed by atoms with Crippen LogP contribution in [0.1, 0.15) is 12.8 Å². The quantitative estimate of drug-likeness (QED) is 0.599. The van der Waals surface area contributed by atoms with Gasteiger partial charge >= 0.3 is 0 Å². The Labute approximate surface area is 83.0 Å². The Balaban J connectivity index is 1.85.